The topological polar surface area (TPSA) is 38.0 Å². The Balaban J connectivity index is 0.000000980. The summed E-state index contributed by atoms with van der Waals surface area (Å²) >= 11 is 0. The van der Waals surface area contributed by atoms with Crippen molar-refractivity contribution in [3.8, 4) is 0 Å². The molecule has 0 atom stereocenters. The van der Waals surface area contributed by atoms with Crippen molar-refractivity contribution in [2.24, 2.45) is 5.73 Å². The molecule has 0 amide bonds. The Kier molecular flexibility index (Phi) is 3.09. The van der Waals surface area contributed by atoms with Crippen molar-refractivity contribution < 1.29 is 8.78 Å². The second-order valence-electron chi connectivity index (χ2n) is 3.39. The van der Waals surface area contributed by atoms with Gasteiger partial charge in [0.15, 0.2) is 11.6 Å². The lowest BCUT2D eigenvalue weighted by atomic mass is 9.85. The Morgan fingerprint density at radius 1 is 1.21 bits per heavy atom. The van der Waals surface area contributed by atoms with E-state index in [4.69, 9.17) is 5.73 Å². The van der Waals surface area contributed by atoms with Crippen LogP contribution in [0, 0.1) is 11.6 Å². The minimum absolute atomic E-state index is 0. The molecule has 1 heterocycles. The third-order valence-electron chi connectivity index (χ3n) is 2.38. The van der Waals surface area contributed by atoms with Crippen LogP contribution >= 0.6 is 12.4 Å². The van der Waals surface area contributed by atoms with Gasteiger partial charge in [-0.2, -0.15) is 0 Å². The highest BCUT2D eigenvalue weighted by atomic mass is 35.5. The van der Waals surface area contributed by atoms with Crippen LogP contribution in [0.15, 0.2) is 18.2 Å². The van der Waals surface area contributed by atoms with Crippen molar-refractivity contribution in [2.45, 2.75) is 5.54 Å². The van der Waals surface area contributed by atoms with Gasteiger partial charge in [0.25, 0.3) is 0 Å². The predicted molar refractivity (Wildman–Crippen MR) is 52.3 cm³/mol. The maximum atomic E-state index is 12.8. The molecule has 1 fully saturated rings. The Morgan fingerprint density at radius 2 is 1.86 bits per heavy atom. The minimum atomic E-state index is -0.839. The van der Waals surface area contributed by atoms with E-state index < -0.39 is 17.2 Å². The molecule has 14 heavy (non-hydrogen) atoms. The fraction of sp³-hybridized carbons (Fsp3) is 0.333. The zero-order chi connectivity index (χ0) is 9.47. The van der Waals surface area contributed by atoms with Crippen LogP contribution in [0.5, 0.6) is 0 Å². The molecule has 1 aromatic rings. The van der Waals surface area contributed by atoms with E-state index in [-0.39, 0.29) is 12.4 Å². The number of hydrogen-bond donors (Lipinski definition) is 2. The smallest absolute Gasteiger partial charge is 0.159 e. The number of hydrogen-bond acceptors (Lipinski definition) is 2. The highest BCUT2D eigenvalue weighted by Crippen LogP contribution is 2.23. The van der Waals surface area contributed by atoms with Gasteiger partial charge in [-0.05, 0) is 17.7 Å². The molecule has 1 aromatic carbocycles. The average molecular weight is 221 g/mol. The molecule has 0 unspecified atom stereocenters. The van der Waals surface area contributed by atoms with Crippen molar-refractivity contribution in [2.75, 3.05) is 13.1 Å². The van der Waals surface area contributed by atoms with Crippen LogP contribution in [0.2, 0.25) is 0 Å². The molecular weight excluding hydrogens is 210 g/mol. The third kappa shape index (κ3) is 1.73. The summed E-state index contributed by atoms with van der Waals surface area (Å²) < 4.78 is 25.4. The zero-order valence-corrected chi connectivity index (χ0v) is 8.20. The molecule has 0 saturated carbocycles. The van der Waals surface area contributed by atoms with Crippen LogP contribution in [0.3, 0.4) is 0 Å². The molecule has 1 aliphatic rings. The standard InChI is InChI=1S/C9H10F2N2.ClH/c10-7-2-1-6(3-8(7)11)9(12)4-13-5-9;/h1-3,13H,4-5,12H2;1H. The summed E-state index contributed by atoms with van der Waals surface area (Å²) in [5.74, 6) is -1.67. The molecule has 1 aliphatic heterocycles. The van der Waals surface area contributed by atoms with Gasteiger partial charge in [0, 0.05) is 13.1 Å². The van der Waals surface area contributed by atoms with E-state index >= 15 is 0 Å². The fourth-order valence-corrected chi connectivity index (χ4v) is 1.40. The van der Waals surface area contributed by atoms with Crippen molar-refractivity contribution >= 4 is 12.4 Å². The number of halogens is 3. The molecule has 1 saturated heterocycles. The summed E-state index contributed by atoms with van der Waals surface area (Å²) in [7, 11) is 0. The van der Waals surface area contributed by atoms with E-state index in [0.717, 1.165) is 12.1 Å². The lowest BCUT2D eigenvalue weighted by Crippen LogP contribution is -2.62. The van der Waals surface area contributed by atoms with E-state index in [1.165, 1.54) is 6.07 Å². The summed E-state index contributed by atoms with van der Waals surface area (Å²) in [4.78, 5) is 0. The quantitative estimate of drug-likeness (QED) is 0.745. The zero-order valence-electron chi connectivity index (χ0n) is 7.39. The summed E-state index contributed by atoms with van der Waals surface area (Å²) in [6.45, 7) is 1.22. The van der Waals surface area contributed by atoms with Crippen molar-refractivity contribution in [1.82, 2.24) is 5.32 Å². The van der Waals surface area contributed by atoms with Crippen molar-refractivity contribution in [3.05, 3.63) is 35.4 Å². The Bertz CT molecular complexity index is 340. The molecule has 0 aliphatic carbocycles. The van der Waals surface area contributed by atoms with Crippen molar-refractivity contribution in [3.63, 3.8) is 0 Å². The molecule has 2 nitrogen and oxygen atoms in total. The molecule has 3 N–H and O–H groups in total. The SMILES string of the molecule is Cl.NC1(c2ccc(F)c(F)c2)CNC1. The van der Waals surface area contributed by atoms with Crippen LogP contribution in [-0.2, 0) is 5.54 Å². The highest BCUT2D eigenvalue weighted by molar-refractivity contribution is 5.85. The Hall–Kier alpha value is -0.710. The average Bonchev–Trinajstić information content (AvgIpc) is 2.06. The van der Waals surface area contributed by atoms with Crippen LogP contribution in [0.25, 0.3) is 0 Å². The van der Waals surface area contributed by atoms with Crippen LogP contribution in [-0.4, -0.2) is 13.1 Å². The number of nitrogens with one attached hydrogen (secondary N) is 1. The third-order valence-corrected chi connectivity index (χ3v) is 2.38. The Labute approximate surface area is 86.9 Å². The highest BCUT2D eigenvalue weighted by Gasteiger charge is 2.34. The first-order valence-corrected chi connectivity index (χ1v) is 4.07. The monoisotopic (exact) mass is 220 g/mol. The van der Waals surface area contributed by atoms with E-state index in [0.29, 0.717) is 18.7 Å². The van der Waals surface area contributed by atoms with Crippen LogP contribution in [0.4, 0.5) is 8.78 Å². The maximum absolute atomic E-state index is 12.8. The number of benzene rings is 1. The predicted octanol–water partition coefficient (Wildman–Crippen LogP) is 1.14. The molecule has 78 valence electrons. The summed E-state index contributed by atoms with van der Waals surface area (Å²) in [5, 5.41) is 2.99. The molecule has 2 rings (SSSR count). The van der Waals surface area contributed by atoms with Crippen LogP contribution < -0.4 is 11.1 Å². The number of rotatable bonds is 1. The van der Waals surface area contributed by atoms with E-state index in [9.17, 15) is 8.78 Å². The molecule has 5 heteroatoms. The molecule has 0 spiro atoms. The first kappa shape index (κ1) is 11.4. The first-order valence-electron chi connectivity index (χ1n) is 4.07. The summed E-state index contributed by atoms with van der Waals surface area (Å²) in [5.41, 5.74) is 6.02. The normalized spacial score (nSPS) is 18.2. The van der Waals surface area contributed by atoms with Gasteiger partial charge in [-0.15, -0.1) is 12.4 Å². The summed E-state index contributed by atoms with van der Waals surface area (Å²) in [6, 6.07) is 3.80. The lowest BCUT2D eigenvalue weighted by Gasteiger charge is -2.39. The van der Waals surface area contributed by atoms with Gasteiger partial charge in [-0.25, -0.2) is 8.78 Å². The van der Waals surface area contributed by atoms with E-state index in [2.05, 4.69) is 5.32 Å². The Morgan fingerprint density at radius 3 is 2.29 bits per heavy atom. The second-order valence-corrected chi connectivity index (χ2v) is 3.39. The molecule has 0 bridgehead atoms. The maximum Gasteiger partial charge on any atom is 0.159 e. The second kappa shape index (κ2) is 3.81. The van der Waals surface area contributed by atoms with Crippen molar-refractivity contribution in [1.29, 1.82) is 0 Å². The summed E-state index contributed by atoms with van der Waals surface area (Å²) in [6.07, 6.45) is 0. The molecular formula is C9H11ClF2N2. The van der Waals surface area contributed by atoms with Gasteiger partial charge in [-0.3, -0.25) is 0 Å². The molecule has 0 aromatic heterocycles. The number of nitrogens with two attached hydrogens (primary N) is 1. The van der Waals surface area contributed by atoms with Gasteiger partial charge < -0.3 is 11.1 Å². The van der Waals surface area contributed by atoms with Gasteiger partial charge in [0.1, 0.15) is 0 Å². The van der Waals surface area contributed by atoms with Crippen LogP contribution in [0.1, 0.15) is 5.56 Å². The van der Waals surface area contributed by atoms with E-state index in [1.807, 2.05) is 0 Å². The molecule has 0 radical (unpaired) electrons. The van der Waals surface area contributed by atoms with Gasteiger partial charge >= 0.3 is 0 Å². The first-order chi connectivity index (χ1) is 6.12. The minimum Gasteiger partial charge on any atom is -0.319 e. The largest absolute Gasteiger partial charge is 0.319 e. The van der Waals surface area contributed by atoms with E-state index in [1.54, 1.807) is 0 Å². The van der Waals surface area contributed by atoms with Gasteiger partial charge in [-0.1, -0.05) is 6.07 Å². The van der Waals surface area contributed by atoms with Gasteiger partial charge in [0.05, 0.1) is 5.54 Å². The lowest BCUT2D eigenvalue weighted by molar-refractivity contribution is 0.285. The fourth-order valence-electron chi connectivity index (χ4n) is 1.40. The van der Waals surface area contributed by atoms with Gasteiger partial charge in [0.2, 0.25) is 0 Å².